The zero-order valence-electron chi connectivity index (χ0n) is 17.4. The summed E-state index contributed by atoms with van der Waals surface area (Å²) in [7, 11) is 0. The summed E-state index contributed by atoms with van der Waals surface area (Å²) in [6, 6.07) is 25.9. The largest absolute Gasteiger partial charge is 0.347 e. The maximum absolute atomic E-state index is 13.1. The van der Waals surface area contributed by atoms with Gasteiger partial charge in [0.1, 0.15) is 5.69 Å². The van der Waals surface area contributed by atoms with Crippen molar-refractivity contribution in [3.05, 3.63) is 101 Å². The van der Waals surface area contributed by atoms with Crippen LogP contribution in [0.4, 0.5) is 0 Å². The SMILES string of the molecule is CC(C)(C)c1ccc(CNC(=O)c2cc3ccccc3n2-c2cccc(Cl)c2)cc1. The second-order valence-corrected chi connectivity index (χ2v) is 8.97. The summed E-state index contributed by atoms with van der Waals surface area (Å²) in [6.45, 7) is 7.05. The number of para-hydroxylation sites is 1. The molecule has 3 nitrogen and oxygen atoms in total. The molecule has 0 fully saturated rings. The third-order valence-electron chi connectivity index (χ3n) is 5.28. The normalized spacial score (nSPS) is 11.6. The van der Waals surface area contributed by atoms with E-state index in [1.54, 1.807) is 0 Å². The molecule has 3 aromatic carbocycles. The van der Waals surface area contributed by atoms with Gasteiger partial charge in [0.25, 0.3) is 5.91 Å². The lowest BCUT2D eigenvalue weighted by Gasteiger charge is -2.19. The van der Waals surface area contributed by atoms with Crippen LogP contribution in [0.15, 0.2) is 78.9 Å². The van der Waals surface area contributed by atoms with E-state index >= 15 is 0 Å². The Morgan fingerprint density at radius 3 is 2.37 bits per heavy atom. The lowest BCUT2D eigenvalue weighted by molar-refractivity contribution is 0.0944. The predicted octanol–water partition coefficient (Wildman–Crippen LogP) is 6.51. The number of nitrogens with zero attached hydrogens (tertiary/aromatic N) is 1. The van der Waals surface area contributed by atoms with E-state index in [4.69, 9.17) is 11.6 Å². The molecule has 1 amide bonds. The minimum atomic E-state index is -0.119. The van der Waals surface area contributed by atoms with Crippen molar-refractivity contribution in [3.8, 4) is 5.69 Å². The van der Waals surface area contributed by atoms with Gasteiger partial charge < -0.3 is 9.88 Å². The quantitative estimate of drug-likeness (QED) is 0.404. The first kappa shape index (κ1) is 20.2. The van der Waals surface area contributed by atoms with E-state index in [1.165, 1.54) is 5.56 Å². The standard InChI is InChI=1S/C26H25ClN2O/c1-26(2,3)20-13-11-18(12-14-20)17-28-25(30)24-15-19-7-4-5-10-23(19)29(24)22-9-6-8-21(27)16-22/h4-16H,17H2,1-3H3,(H,28,30). The minimum Gasteiger partial charge on any atom is -0.347 e. The number of amides is 1. The third kappa shape index (κ3) is 4.12. The van der Waals surface area contributed by atoms with Gasteiger partial charge in [-0.3, -0.25) is 4.79 Å². The fourth-order valence-corrected chi connectivity index (χ4v) is 3.80. The van der Waals surface area contributed by atoms with E-state index < -0.39 is 0 Å². The average molecular weight is 417 g/mol. The van der Waals surface area contributed by atoms with Crippen molar-refractivity contribution in [3.63, 3.8) is 0 Å². The maximum atomic E-state index is 13.1. The average Bonchev–Trinajstić information content (AvgIpc) is 3.11. The first-order chi connectivity index (χ1) is 14.3. The molecule has 0 atom stereocenters. The molecular formula is C26H25ClN2O. The molecule has 4 heteroatoms. The molecular weight excluding hydrogens is 392 g/mol. The van der Waals surface area contributed by atoms with Crippen LogP contribution in [0.25, 0.3) is 16.6 Å². The highest BCUT2D eigenvalue weighted by Gasteiger charge is 2.17. The van der Waals surface area contributed by atoms with Crippen LogP contribution in [0, 0.1) is 0 Å². The van der Waals surface area contributed by atoms with E-state index in [0.717, 1.165) is 22.2 Å². The van der Waals surface area contributed by atoms with Gasteiger partial charge in [0.15, 0.2) is 0 Å². The first-order valence-corrected chi connectivity index (χ1v) is 10.4. The van der Waals surface area contributed by atoms with Gasteiger partial charge in [0.05, 0.1) is 5.52 Å². The molecule has 4 rings (SSSR count). The minimum absolute atomic E-state index is 0.111. The molecule has 0 radical (unpaired) electrons. The zero-order chi connectivity index (χ0) is 21.3. The Labute approximate surface area is 182 Å². The number of benzene rings is 3. The Bertz CT molecular complexity index is 1200. The summed E-state index contributed by atoms with van der Waals surface area (Å²) >= 11 is 6.22. The van der Waals surface area contributed by atoms with Crippen LogP contribution in [0.3, 0.4) is 0 Å². The van der Waals surface area contributed by atoms with Crippen LogP contribution in [-0.4, -0.2) is 10.5 Å². The van der Waals surface area contributed by atoms with Crippen LogP contribution < -0.4 is 5.32 Å². The lowest BCUT2D eigenvalue weighted by atomic mass is 9.87. The number of carbonyl (C=O) groups excluding carboxylic acids is 1. The van der Waals surface area contributed by atoms with E-state index in [1.807, 2.05) is 59.2 Å². The number of carbonyl (C=O) groups is 1. The Hall–Kier alpha value is -3.04. The second kappa shape index (κ2) is 8.00. The number of halogens is 1. The lowest BCUT2D eigenvalue weighted by Crippen LogP contribution is -2.25. The molecule has 30 heavy (non-hydrogen) atoms. The summed E-state index contributed by atoms with van der Waals surface area (Å²) < 4.78 is 1.96. The van der Waals surface area contributed by atoms with Crippen molar-refractivity contribution < 1.29 is 4.79 Å². The van der Waals surface area contributed by atoms with Gasteiger partial charge in [-0.25, -0.2) is 0 Å². The molecule has 1 heterocycles. The van der Waals surface area contributed by atoms with Gasteiger partial charge in [-0.05, 0) is 46.9 Å². The van der Waals surface area contributed by atoms with Crippen molar-refractivity contribution in [1.29, 1.82) is 0 Å². The number of aromatic nitrogens is 1. The Balaban J connectivity index is 1.63. The van der Waals surface area contributed by atoms with Crippen molar-refractivity contribution >= 4 is 28.4 Å². The zero-order valence-corrected chi connectivity index (χ0v) is 18.2. The second-order valence-electron chi connectivity index (χ2n) is 8.53. The van der Waals surface area contributed by atoms with Crippen LogP contribution in [0.2, 0.25) is 5.02 Å². The molecule has 4 aromatic rings. The van der Waals surface area contributed by atoms with Gasteiger partial charge in [0.2, 0.25) is 0 Å². The summed E-state index contributed by atoms with van der Waals surface area (Å²) in [5.74, 6) is -0.119. The summed E-state index contributed by atoms with van der Waals surface area (Å²) in [4.78, 5) is 13.1. The molecule has 0 saturated carbocycles. The molecule has 1 N–H and O–H groups in total. The van der Waals surface area contributed by atoms with Crippen LogP contribution >= 0.6 is 11.6 Å². The molecule has 0 aliphatic rings. The third-order valence-corrected chi connectivity index (χ3v) is 5.52. The van der Waals surface area contributed by atoms with Crippen LogP contribution in [0.1, 0.15) is 42.4 Å². The molecule has 0 aliphatic heterocycles. The van der Waals surface area contributed by atoms with Gasteiger partial charge in [0, 0.05) is 22.6 Å². The maximum Gasteiger partial charge on any atom is 0.268 e. The molecule has 0 saturated heterocycles. The smallest absolute Gasteiger partial charge is 0.268 e. The summed E-state index contributed by atoms with van der Waals surface area (Å²) in [6.07, 6.45) is 0. The van der Waals surface area contributed by atoms with Crippen molar-refractivity contribution in [2.45, 2.75) is 32.7 Å². The topological polar surface area (TPSA) is 34.0 Å². The molecule has 0 unspecified atom stereocenters. The fourth-order valence-electron chi connectivity index (χ4n) is 3.61. The monoisotopic (exact) mass is 416 g/mol. The fraction of sp³-hybridized carbons (Fsp3) is 0.192. The Kier molecular flexibility index (Phi) is 5.40. The van der Waals surface area contributed by atoms with Crippen LogP contribution in [-0.2, 0) is 12.0 Å². The van der Waals surface area contributed by atoms with Gasteiger partial charge in [-0.15, -0.1) is 0 Å². The first-order valence-electron chi connectivity index (χ1n) is 10.1. The number of nitrogens with one attached hydrogen (secondary N) is 1. The molecule has 1 aromatic heterocycles. The highest BCUT2D eigenvalue weighted by atomic mass is 35.5. The highest BCUT2D eigenvalue weighted by molar-refractivity contribution is 6.30. The van der Waals surface area contributed by atoms with E-state index in [2.05, 4.69) is 50.4 Å². The number of rotatable bonds is 4. The highest BCUT2D eigenvalue weighted by Crippen LogP contribution is 2.26. The van der Waals surface area contributed by atoms with Crippen molar-refractivity contribution in [2.24, 2.45) is 0 Å². The molecule has 152 valence electrons. The Morgan fingerprint density at radius 2 is 1.67 bits per heavy atom. The van der Waals surface area contributed by atoms with Gasteiger partial charge in [-0.1, -0.05) is 80.9 Å². The summed E-state index contributed by atoms with van der Waals surface area (Å²) in [5, 5.41) is 4.71. The number of fused-ring (bicyclic) bond motifs is 1. The summed E-state index contributed by atoms with van der Waals surface area (Å²) in [5.41, 5.74) is 4.88. The van der Waals surface area contributed by atoms with Crippen molar-refractivity contribution in [2.75, 3.05) is 0 Å². The van der Waals surface area contributed by atoms with Crippen LogP contribution in [0.5, 0.6) is 0 Å². The van der Waals surface area contributed by atoms with E-state index in [-0.39, 0.29) is 11.3 Å². The molecule has 0 spiro atoms. The number of hydrogen-bond donors (Lipinski definition) is 1. The van der Waals surface area contributed by atoms with E-state index in [0.29, 0.717) is 17.3 Å². The number of hydrogen-bond acceptors (Lipinski definition) is 1. The predicted molar refractivity (Wildman–Crippen MR) is 125 cm³/mol. The van der Waals surface area contributed by atoms with Crippen molar-refractivity contribution in [1.82, 2.24) is 9.88 Å². The molecule has 0 bridgehead atoms. The van der Waals surface area contributed by atoms with Gasteiger partial charge in [-0.2, -0.15) is 0 Å². The molecule has 0 aliphatic carbocycles. The van der Waals surface area contributed by atoms with E-state index in [9.17, 15) is 4.79 Å². The Morgan fingerprint density at radius 1 is 0.933 bits per heavy atom. The van der Waals surface area contributed by atoms with Gasteiger partial charge >= 0.3 is 0 Å².